The first-order valence-corrected chi connectivity index (χ1v) is 8.65. The Morgan fingerprint density at radius 3 is 2.87 bits per heavy atom. The Balaban J connectivity index is 1.99. The highest BCUT2D eigenvalue weighted by atomic mass is 16.1. The third kappa shape index (κ3) is 5.27. The topological polar surface area (TPSA) is 65.5 Å². The van der Waals surface area contributed by atoms with Gasteiger partial charge in [0.05, 0.1) is 6.54 Å². The van der Waals surface area contributed by atoms with E-state index in [4.69, 9.17) is 0 Å². The average molecular weight is 316 g/mol. The lowest BCUT2D eigenvalue weighted by Crippen LogP contribution is -2.38. The molecule has 23 heavy (non-hydrogen) atoms. The molecule has 2 rings (SSSR count). The average Bonchev–Trinajstić information content (AvgIpc) is 2.56. The molecule has 1 atom stereocenters. The van der Waals surface area contributed by atoms with E-state index < -0.39 is 0 Å². The van der Waals surface area contributed by atoms with Crippen LogP contribution >= 0.6 is 0 Å². The molecule has 0 aromatic heterocycles. The third-order valence-electron chi connectivity index (χ3n) is 3.99. The van der Waals surface area contributed by atoms with Gasteiger partial charge >= 0.3 is 0 Å². The van der Waals surface area contributed by atoms with Crippen molar-refractivity contribution < 1.29 is 4.79 Å². The van der Waals surface area contributed by atoms with Crippen LogP contribution in [0.1, 0.15) is 51.0 Å². The van der Waals surface area contributed by atoms with Crippen molar-refractivity contribution in [3.8, 4) is 0 Å². The fraction of sp³-hybridized carbons (Fsp3) is 0.556. The van der Waals surface area contributed by atoms with Crippen LogP contribution in [0.15, 0.2) is 29.3 Å². The summed E-state index contributed by atoms with van der Waals surface area (Å²) >= 11 is 0. The largest absolute Gasteiger partial charge is 0.357 e. The van der Waals surface area contributed by atoms with Crippen LogP contribution in [0.2, 0.25) is 0 Å². The van der Waals surface area contributed by atoms with E-state index in [1.54, 1.807) is 0 Å². The van der Waals surface area contributed by atoms with Crippen molar-refractivity contribution in [1.82, 2.24) is 10.6 Å². The number of fused-ring (bicyclic) bond motifs is 1. The van der Waals surface area contributed by atoms with Crippen molar-refractivity contribution in [2.24, 2.45) is 4.99 Å². The molecule has 1 aromatic carbocycles. The van der Waals surface area contributed by atoms with E-state index >= 15 is 0 Å². The van der Waals surface area contributed by atoms with E-state index in [0.29, 0.717) is 13.0 Å². The Hall–Kier alpha value is -2.04. The quantitative estimate of drug-likeness (QED) is 0.412. The summed E-state index contributed by atoms with van der Waals surface area (Å²) in [5.74, 6) is 1.06. The summed E-state index contributed by atoms with van der Waals surface area (Å²) in [6.45, 7) is 6.65. The van der Waals surface area contributed by atoms with Gasteiger partial charge in [-0.05, 0) is 25.0 Å². The molecule has 1 unspecified atom stereocenters. The minimum Gasteiger partial charge on any atom is -0.357 e. The first-order chi connectivity index (χ1) is 11.2. The Morgan fingerprint density at radius 1 is 1.26 bits per heavy atom. The number of carbonyl (C=O) groups excluding carboxylic acids is 1. The molecule has 5 nitrogen and oxygen atoms in total. The predicted molar refractivity (Wildman–Crippen MR) is 95.9 cm³/mol. The Morgan fingerprint density at radius 2 is 2.09 bits per heavy atom. The van der Waals surface area contributed by atoms with Crippen LogP contribution in [0.3, 0.4) is 0 Å². The second kappa shape index (κ2) is 9.18. The zero-order valence-electron chi connectivity index (χ0n) is 14.2. The lowest BCUT2D eigenvalue weighted by molar-refractivity contribution is -0.116. The van der Waals surface area contributed by atoms with E-state index in [2.05, 4.69) is 40.9 Å². The minimum atomic E-state index is 0.0739. The van der Waals surface area contributed by atoms with Crippen molar-refractivity contribution in [3.63, 3.8) is 0 Å². The fourth-order valence-electron chi connectivity index (χ4n) is 2.79. The van der Waals surface area contributed by atoms with Gasteiger partial charge in [0.2, 0.25) is 5.91 Å². The number of anilines is 1. The molecule has 1 heterocycles. The molecular formula is C18H28N4O. The molecular weight excluding hydrogens is 288 g/mol. The smallest absolute Gasteiger partial charge is 0.225 e. The Labute approximate surface area is 139 Å². The molecule has 126 valence electrons. The van der Waals surface area contributed by atoms with Gasteiger partial charge in [0.15, 0.2) is 5.96 Å². The zero-order chi connectivity index (χ0) is 16.5. The summed E-state index contributed by atoms with van der Waals surface area (Å²) in [5, 5.41) is 9.57. The third-order valence-corrected chi connectivity index (χ3v) is 3.99. The monoisotopic (exact) mass is 316 g/mol. The van der Waals surface area contributed by atoms with Crippen LogP contribution in [0, 0.1) is 0 Å². The highest BCUT2D eigenvalue weighted by Gasteiger charge is 2.24. The van der Waals surface area contributed by atoms with E-state index in [-0.39, 0.29) is 11.8 Å². The van der Waals surface area contributed by atoms with Crippen LogP contribution < -0.4 is 16.0 Å². The van der Waals surface area contributed by atoms with Crippen LogP contribution in [0.25, 0.3) is 0 Å². The van der Waals surface area contributed by atoms with E-state index in [9.17, 15) is 4.79 Å². The van der Waals surface area contributed by atoms with E-state index in [1.165, 1.54) is 18.4 Å². The molecule has 0 saturated heterocycles. The van der Waals surface area contributed by atoms with Gasteiger partial charge in [0.1, 0.15) is 0 Å². The SMILES string of the molecule is CCCCCNC(=NCC1CC(=O)Nc2ccccc21)NCC. The van der Waals surface area contributed by atoms with Gasteiger partial charge in [-0.3, -0.25) is 9.79 Å². The molecule has 0 spiro atoms. The van der Waals surface area contributed by atoms with E-state index in [0.717, 1.165) is 31.2 Å². The second-order valence-corrected chi connectivity index (χ2v) is 5.89. The normalized spacial score (nSPS) is 17.4. The van der Waals surface area contributed by atoms with Crippen molar-refractivity contribution in [3.05, 3.63) is 29.8 Å². The van der Waals surface area contributed by atoms with Crippen LogP contribution in [0.4, 0.5) is 5.69 Å². The number of rotatable bonds is 7. The number of nitrogens with zero attached hydrogens (tertiary/aromatic N) is 1. The molecule has 0 aliphatic carbocycles. The van der Waals surface area contributed by atoms with Crippen molar-refractivity contribution in [1.29, 1.82) is 0 Å². The molecule has 1 amide bonds. The number of hydrogen-bond acceptors (Lipinski definition) is 2. The van der Waals surface area contributed by atoms with Gasteiger partial charge in [0, 0.05) is 31.1 Å². The molecule has 0 fully saturated rings. The highest BCUT2D eigenvalue weighted by molar-refractivity contribution is 5.94. The summed E-state index contributed by atoms with van der Waals surface area (Å²) in [7, 11) is 0. The summed E-state index contributed by atoms with van der Waals surface area (Å²) in [5.41, 5.74) is 2.10. The number of guanidine groups is 1. The lowest BCUT2D eigenvalue weighted by atomic mass is 9.91. The summed E-state index contributed by atoms with van der Waals surface area (Å²) in [6, 6.07) is 8.00. The summed E-state index contributed by atoms with van der Waals surface area (Å²) < 4.78 is 0. The molecule has 5 heteroatoms. The molecule has 1 aromatic rings. The first-order valence-electron chi connectivity index (χ1n) is 8.65. The van der Waals surface area contributed by atoms with Gasteiger partial charge in [-0.2, -0.15) is 0 Å². The van der Waals surface area contributed by atoms with Crippen molar-refractivity contribution in [2.45, 2.75) is 45.4 Å². The van der Waals surface area contributed by atoms with Crippen molar-refractivity contribution in [2.75, 3.05) is 25.0 Å². The molecule has 0 saturated carbocycles. The van der Waals surface area contributed by atoms with Gasteiger partial charge in [-0.25, -0.2) is 0 Å². The molecule has 0 radical (unpaired) electrons. The number of benzene rings is 1. The zero-order valence-corrected chi connectivity index (χ0v) is 14.2. The number of aliphatic imine (C=N–C) groups is 1. The number of nitrogens with one attached hydrogen (secondary N) is 3. The number of unbranched alkanes of at least 4 members (excludes halogenated alkanes) is 2. The maximum absolute atomic E-state index is 11.9. The molecule has 0 bridgehead atoms. The number of carbonyl (C=O) groups is 1. The molecule has 3 N–H and O–H groups in total. The first kappa shape index (κ1) is 17.3. The fourth-order valence-corrected chi connectivity index (χ4v) is 2.79. The predicted octanol–water partition coefficient (Wildman–Crippen LogP) is 2.86. The maximum Gasteiger partial charge on any atom is 0.225 e. The Bertz CT molecular complexity index is 542. The maximum atomic E-state index is 11.9. The van der Waals surface area contributed by atoms with E-state index in [1.807, 2.05) is 18.2 Å². The minimum absolute atomic E-state index is 0.0739. The van der Waals surface area contributed by atoms with Crippen LogP contribution in [-0.4, -0.2) is 31.5 Å². The second-order valence-electron chi connectivity index (χ2n) is 5.89. The standard InChI is InChI=1S/C18H28N4O/c1-3-5-8-11-20-18(19-4-2)21-13-14-12-17(23)22-16-10-7-6-9-15(14)16/h6-7,9-10,14H,3-5,8,11-13H2,1-2H3,(H,22,23)(H2,19,20,21). The lowest BCUT2D eigenvalue weighted by Gasteiger charge is -2.24. The molecule has 1 aliphatic rings. The Kier molecular flexibility index (Phi) is 6.91. The molecule has 1 aliphatic heterocycles. The number of amides is 1. The van der Waals surface area contributed by atoms with Gasteiger partial charge in [0.25, 0.3) is 0 Å². The highest BCUT2D eigenvalue weighted by Crippen LogP contribution is 2.31. The summed E-state index contributed by atoms with van der Waals surface area (Å²) in [6.07, 6.45) is 4.08. The number of hydrogen-bond donors (Lipinski definition) is 3. The van der Waals surface area contributed by atoms with Gasteiger partial charge < -0.3 is 16.0 Å². The van der Waals surface area contributed by atoms with Gasteiger partial charge in [-0.1, -0.05) is 38.0 Å². The van der Waals surface area contributed by atoms with Crippen molar-refractivity contribution >= 4 is 17.6 Å². The van der Waals surface area contributed by atoms with Crippen LogP contribution in [-0.2, 0) is 4.79 Å². The summed E-state index contributed by atoms with van der Waals surface area (Å²) in [4.78, 5) is 16.5. The number of para-hydroxylation sites is 1. The van der Waals surface area contributed by atoms with Gasteiger partial charge in [-0.15, -0.1) is 0 Å². The van der Waals surface area contributed by atoms with Crippen LogP contribution in [0.5, 0.6) is 0 Å².